The Balaban J connectivity index is 1.62. The van der Waals surface area contributed by atoms with E-state index in [0.717, 1.165) is 32.4 Å². The quantitative estimate of drug-likeness (QED) is 0.735. The van der Waals surface area contributed by atoms with Crippen molar-refractivity contribution in [1.29, 1.82) is 0 Å². The van der Waals surface area contributed by atoms with Crippen LogP contribution in [-0.4, -0.2) is 50.9 Å². The summed E-state index contributed by atoms with van der Waals surface area (Å²) in [5.74, 6) is -0.221. The van der Waals surface area contributed by atoms with Gasteiger partial charge in [0.25, 0.3) is 5.91 Å². The molecule has 138 valence electrons. The van der Waals surface area contributed by atoms with Gasteiger partial charge in [-0.1, -0.05) is 13.0 Å². The van der Waals surface area contributed by atoms with E-state index in [9.17, 15) is 13.2 Å². The summed E-state index contributed by atoms with van der Waals surface area (Å²) < 4.78 is 27.2. The van der Waals surface area contributed by atoms with Crippen LogP contribution in [0, 0.1) is 0 Å². The minimum atomic E-state index is -3.54. The van der Waals surface area contributed by atoms with E-state index < -0.39 is 10.0 Å². The average molecular weight is 365 g/mol. The van der Waals surface area contributed by atoms with E-state index in [4.69, 9.17) is 0 Å². The smallest absolute Gasteiger partial charge is 0.251 e. The number of amides is 1. The van der Waals surface area contributed by atoms with Gasteiger partial charge in [0.15, 0.2) is 0 Å². The van der Waals surface area contributed by atoms with Crippen molar-refractivity contribution in [2.75, 3.05) is 19.6 Å². The lowest BCUT2D eigenvalue weighted by molar-refractivity contribution is 0.0937. The van der Waals surface area contributed by atoms with Crippen LogP contribution in [0.2, 0.25) is 0 Å². The number of carbonyl (C=O) groups is 1. The summed E-state index contributed by atoms with van der Waals surface area (Å²) in [6, 6.07) is 6.65. The summed E-state index contributed by atoms with van der Waals surface area (Å²) in [5, 5.41) is 2.96. The molecule has 25 heavy (non-hydrogen) atoms. The molecule has 7 heteroatoms. The van der Waals surface area contributed by atoms with Gasteiger partial charge in [-0.15, -0.1) is 0 Å². The first-order valence-electron chi connectivity index (χ1n) is 9.14. The molecule has 3 rings (SSSR count). The minimum absolute atomic E-state index is 0.0493. The van der Waals surface area contributed by atoms with Gasteiger partial charge < -0.3 is 5.32 Å². The van der Waals surface area contributed by atoms with Crippen LogP contribution in [0.15, 0.2) is 29.2 Å². The van der Waals surface area contributed by atoms with E-state index in [1.165, 1.54) is 25.0 Å². The second-order valence-electron chi connectivity index (χ2n) is 6.94. The van der Waals surface area contributed by atoms with Crippen LogP contribution in [0.3, 0.4) is 0 Å². The third kappa shape index (κ3) is 4.80. The average Bonchev–Trinajstić information content (AvgIpc) is 3.24. The van der Waals surface area contributed by atoms with E-state index in [1.54, 1.807) is 12.1 Å². The van der Waals surface area contributed by atoms with Gasteiger partial charge in [-0.05, 0) is 63.4 Å². The molecule has 0 radical (unpaired) electrons. The molecular weight excluding hydrogens is 338 g/mol. The molecule has 0 aromatic heterocycles. The highest BCUT2D eigenvalue weighted by Crippen LogP contribution is 2.22. The van der Waals surface area contributed by atoms with Crippen molar-refractivity contribution < 1.29 is 13.2 Å². The van der Waals surface area contributed by atoms with Crippen molar-refractivity contribution >= 4 is 15.9 Å². The first kappa shape index (κ1) is 18.4. The molecule has 2 aliphatic rings. The molecule has 2 N–H and O–H groups in total. The summed E-state index contributed by atoms with van der Waals surface area (Å²) in [7, 11) is -3.54. The zero-order chi connectivity index (χ0) is 17.9. The number of hydrogen-bond donors (Lipinski definition) is 2. The van der Waals surface area contributed by atoms with E-state index in [2.05, 4.69) is 21.9 Å². The molecule has 1 saturated heterocycles. The van der Waals surface area contributed by atoms with Gasteiger partial charge in [0, 0.05) is 24.2 Å². The monoisotopic (exact) mass is 365 g/mol. The Morgan fingerprint density at radius 1 is 1.28 bits per heavy atom. The second-order valence-corrected chi connectivity index (χ2v) is 8.65. The van der Waals surface area contributed by atoms with Crippen LogP contribution in [0.5, 0.6) is 0 Å². The zero-order valence-corrected chi connectivity index (χ0v) is 15.5. The molecule has 1 heterocycles. The summed E-state index contributed by atoms with van der Waals surface area (Å²) in [5.41, 5.74) is 0.384. The summed E-state index contributed by atoms with van der Waals surface area (Å²) in [6.07, 6.45) is 5.19. The lowest BCUT2D eigenvalue weighted by atomic mass is 10.1. The largest absolute Gasteiger partial charge is 0.350 e. The second kappa shape index (κ2) is 7.85. The molecule has 1 unspecified atom stereocenters. The highest BCUT2D eigenvalue weighted by atomic mass is 32.2. The van der Waals surface area contributed by atoms with Gasteiger partial charge >= 0.3 is 0 Å². The Morgan fingerprint density at radius 2 is 2.00 bits per heavy atom. The molecule has 6 nitrogen and oxygen atoms in total. The number of benzene rings is 1. The van der Waals surface area contributed by atoms with Gasteiger partial charge in [0.2, 0.25) is 10.0 Å². The van der Waals surface area contributed by atoms with Crippen LogP contribution in [0.25, 0.3) is 0 Å². The molecule has 1 atom stereocenters. The first-order valence-corrected chi connectivity index (χ1v) is 10.6. The SMILES string of the molecule is CCC(CNC(=O)c1cccc(S(=O)(=O)NC2CC2)c1)N1CCCC1. The van der Waals surface area contributed by atoms with Gasteiger partial charge in [0.1, 0.15) is 0 Å². The predicted molar refractivity (Wildman–Crippen MR) is 97.0 cm³/mol. The molecule has 1 aliphatic heterocycles. The van der Waals surface area contributed by atoms with Crippen molar-refractivity contribution in [3.05, 3.63) is 29.8 Å². The highest BCUT2D eigenvalue weighted by molar-refractivity contribution is 7.89. The fraction of sp³-hybridized carbons (Fsp3) is 0.611. The third-order valence-corrected chi connectivity index (χ3v) is 6.45. The van der Waals surface area contributed by atoms with E-state index in [1.807, 2.05) is 0 Å². The summed E-state index contributed by atoms with van der Waals surface area (Å²) in [6.45, 7) is 4.91. The maximum atomic E-state index is 12.4. The van der Waals surface area contributed by atoms with E-state index in [-0.39, 0.29) is 16.8 Å². The molecule has 1 amide bonds. The van der Waals surface area contributed by atoms with Crippen molar-refractivity contribution in [3.63, 3.8) is 0 Å². The third-order valence-electron chi connectivity index (χ3n) is 4.93. The standard InChI is InChI=1S/C18H27N3O3S/c1-2-16(21-10-3-4-11-21)13-19-18(22)14-6-5-7-17(12-14)25(23,24)20-15-8-9-15/h5-7,12,15-16,20H,2-4,8-11,13H2,1H3,(H,19,22). The minimum Gasteiger partial charge on any atom is -0.350 e. The van der Waals surface area contributed by atoms with Crippen LogP contribution in [0.1, 0.15) is 49.4 Å². The lowest BCUT2D eigenvalue weighted by Crippen LogP contribution is -2.42. The van der Waals surface area contributed by atoms with E-state index >= 15 is 0 Å². The molecule has 0 bridgehead atoms. The Hall–Kier alpha value is -1.44. The van der Waals surface area contributed by atoms with Gasteiger partial charge in [-0.25, -0.2) is 13.1 Å². The lowest BCUT2D eigenvalue weighted by Gasteiger charge is -2.26. The summed E-state index contributed by atoms with van der Waals surface area (Å²) in [4.78, 5) is 15.0. The Bertz CT molecular complexity index is 710. The van der Waals surface area contributed by atoms with Crippen molar-refractivity contribution in [2.24, 2.45) is 0 Å². The normalized spacial score (nSPS) is 19.7. The number of carbonyl (C=O) groups excluding carboxylic acids is 1. The highest BCUT2D eigenvalue weighted by Gasteiger charge is 2.28. The van der Waals surface area contributed by atoms with Gasteiger partial charge in [0.05, 0.1) is 4.90 Å². The van der Waals surface area contributed by atoms with Crippen LogP contribution in [-0.2, 0) is 10.0 Å². The van der Waals surface area contributed by atoms with Gasteiger partial charge in [-0.3, -0.25) is 9.69 Å². The Labute approximate surface area is 150 Å². The number of likely N-dealkylation sites (tertiary alicyclic amines) is 1. The fourth-order valence-electron chi connectivity index (χ4n) is 3.24. The molecule has 1 aromatic carbocycles. The number of nitrogens with one attached hydrogen (secondary N) is 2. The van der Waals surface area contributed by atoms with Crippen molar-refractivity contribution in [3.8, 4) is 0 Å². The number of rotatable bonds is 8. The predicted octanol–water partition coefficient (Wildman–Crippen LogP) is 1.73. The van der Waals surface area contributed by atoms with Crippen LogP contribution >= 0.6 is 0 Å². The molecule has 2 fully saturated rings. The molecule has 0 spiro atoms. The topological polar surface area (TPSA) is 78.5 Å². The fourth-order valence-corrected chi connectivity index (χ4v) is 4.59. The van der Waals surface area contributed by atoms with Crippen LogP contribution < -0.4 is 10.0 Å². The maximum absolute atomic E-state index is 12.4. The number of hydrogen-bond acceptors (Lipinski definition) is 4. The van der Waals surface area contributed by atoms with Gasteiger partial charge in [-0.2, -0.15) is 0 Å². The first-order chi connectivity index (χ1) is 12.0. The maximum Gasteiger partial charge on any atom is 0.251 e. The Kier molecular flexibility index (Phi) is 5.76. The van der Waals surface area contributed by atoms with E-state index in [0.29, 0.717) is 18.2 Å². The zero-order valence-electron chi connectivity index (χ0n) is 14.7. The summed E-state index contributed by atoms with van der Waals surface area (Å²) >= 11 is 0. The van der Waals surface area contributed by atoms with Crippen LogP contribution in [0.4, 0.5) is 0 Å². The van der Waals surface area contributed by atoms with Crippen molar-refractivity contribution in [1.82, 2.24) is 14.9 Å². The molecule has 1 saturated carbocycles. The molecule has 1 aromatic rings. The van der Waals surface area contributed by atoms with Crippen molar-refractivity contribution in [2.45, 2.75) is 56.0 Å². The molecule has 1 aliphatic carbocycles. The number of sulfonamides is 1. The Morgan fingerprint density at radius 3 is 2.64 bits per heavy atom. The molecular formula is C18H27N3O3S. The number of nitrogens with zero attached hydrogens (tertiary/aromatic N) is 1.